The Kier molecular flexibility index (Phi) is 6.00. The quantitative estimate of drug-likeness (QED) is 0.847. The van der Waals surface area contributed by atoms with Gasteiger partial charge in [0.25, 0.3) is 5.91 Å². The highest BCUT2D eigenvalue weighted by atomic mass is 32.2. The normalized spacial score (nSPS) is 12.6. The lowest BCUT2D eigenvalue weighted by Gasteiger charge is -2.21. The first-order valence-corrected chi connectivity index (χ1v) is 10.7. The number of benzene rings is 2. The van der Waals surface area contributed by atoms with E-state index in [0.717, 1.165) is 22.9 Å². The average molecular weight is 389 g/mol. The summed E-state index contributed by atoms with van der Waals surface area (Å²) in [5, 5.41) is 3.02. The van der Waals surface area contributed by atoms with Gasteiger partial charge in [-0.05, 0) is 74.6 Å². The zero-order valence-electron chi connectivity index (χ0n) is 17.0. The maximum absolute atomic E-state index is 12.7. The fourth-order valence-corrected chi connectivity index (χ4v) is 3.63. The fourth-order valence-electron chi connectivity index (χ4n) is 3.08. The van der Waals surface area contributed by atoms with Crippen molar-refractivity contribution in [3.63, 3.8) is 0 Å². The number of rotatable bonds is 5. The van der Waals surface area contributed by atoms with Crippen molar-refractivity contribution in [1.82, 2.24) is 5.32 Å². The molecule has 0 heterocycles. The molecule has 0 aliphatic heterocycles. The van der Waals surface area contributed by atoms with E-state index in [1.54, 1.807) is 18.2 Å². The molecule has 1 atom stereocenters. The Morgan fingerprint density at radius 2 is 1.56 bits per heavy atom. The van der Waals surface area contributed by atoms with Crippen LogP contribution in [0.3, 0.4) is 0 Å². The third-order valence-corrected chi connectivity index (χ3v) is 6.20. The van der Waals surface area contributed by atoms with E-state index in [4.69, 9.17) is 0 Å². The minimum Gasteiger partial charge on any atom is -0.346 e. The van der Waals surface area contributed by atoms with Crippen LogP contribution in [0.1, 0.15) is 51.1 Å². The van der Waals surface area contributed by atoms with Gasteiger partial charge in [-0.25, -0.2) is 8.42 Å². The van der Waals surface area contributed by atoms with Gasteiger partial charge in [-0.1, -0.05) is 18.2 Å². The first kappa shape index (κ1) is 21.0. The first-order chi connectivity index (χ1) is 12.4. The molecule has 1 amide bonds. The number of sulfonamides is 1. The number of amides is 1. The van der Waals surface area contributed by atoms with Gasteiger partial charge in [-0.2, -0.15) is 0 Å². The molecule has 27 heavy (non-hydrogen) atoms. The topological polar surface area (TPSA) is 66.5 Å². The highest BCUT2D eigenvalue weighted by molar-refractivity contribution is 7.92. The van der Waals surface area contributed by atoms with E-state index in [1.165, 1.54) is 22.5 Å². The van der Waals surface area contributed by atoms with Crippen molar-refractivity contribution in [2.75, 3.05) is 17.6 Å². The number of hydrogen-bond acceptors (Lipinski definition) is 3. The lowest BCUT2D eigenvalue weighted by atomic mass is 9.96. The summed E-state index contributed by atoms with van der Waals surface area (Å²) in [4.78, 5) is 12.7. The summed E-state index contributed by atoms with van der Waals surface area (Å²) in [7, 11) is -1.91. The van der Waals surface area contributed by atoms with E-state index in [2.05, 4.69) is 31.3 Å². The van der Waals surface area contributed by atoms with E-state index in [1.807, 2.05) is 20.8 Å². The SMILES string of the molecule is Cc1cc(C)c([C@@H](C)NC(=O)c2ccc(C)c(N(C)S(C)(=O)=O)c2)cc1C. The van der Waals surface area contributed by atoms with Gasteiger partial charge >= 0.3 is 0 Å². The molecule has 0 saturated heterocycles. The van der Waals surface area contributed by atoms with E-state index < -0.39 is 10.0 Å². The van der Waals surface area contributed by atoms with Crippen LogP contribution in [0.4, 0.5) is 5.69 Å². The molecular formula is C21H28N2O3S. The number of anilines is 1. The number of nitrogens with one attached hydrogen (secondary N) is 1. The minimum absolute atomic E-state index is 0.158. The van der Waals surface area contributed by atoms with Gasteiger partial charge in [-0.15, -0.1) is 0 Å². The molecule has 1 N–H and O–H groups in total. The summed E-state index contributed by atoms with van der Waals surface area (Å²) < 4.78 is 24.9. The molecule has 0 aromatic heterocycles. The Morgan fingerprint density at radius 3 is 2.15 bits per heavy atom. The third kappa shape index (κ3) is 4.69. The predicted octanol–water partition coefficient (Wildman–Crippen LogP) is 3.81. The smallest absolute Gasteiger partial charge is 0.251 e. The molecule has 0 spiro atoms. The third-order valence-electron chi connectivity index (χ3n) is 5.00. The molecule has 0 fully saturated rings. The molecule has 0 saturated carbocycles. The summed E-state index contributed by atoms with van der Waals surface area (Å²) in [6.45, 7) is 9.93. The molecule has 0 aliphatic carbocycles. The fraction of sp³-hybridized carbons (Fsp3) is 0.381. The van der Waals surface area contributed by atoms with Crippen LogP contribution in [0.2, 0.25) is 0 Å². The van der Waals surface area contributed by atoms with Crippen LogP contribution in [0.5, 0.6) is 0 Å². The first-order valence-electron chi connectivity index (χ1n) is 8.85. The molecule has 5 nitrogen and oxygen atoms in total. The number of carbonyl (C=O) groups is 1. The van der Waals surface area contributed by atoms with Gasteiger partial charge in [-0.3, -0.25) is 9.10 Å². The highest BCUT2D eigenvalue weighted by Crippen LogP contribution is 2.25. The number of hydrogen-bond donors (Lipinski definition) is 1. The van der Waals surface area contributed by atoms with Crippen molar-refractivity contribution in [2.24, 2.45) is 0 Å². The number of nitrogens with zero attached hydrogens (tertiary/aromatic N) is 1. The Labute approximate surface area is 162 Å². The molecule has 0 unspecified atom stereocenters. The predicted molar refractivity (Wildman–Crippen MR) is 111 cm³/mol. The van der Waals surface area contributed by atoms with Gasteiger partial charge in [0.1, 0.15) is 0 Å². The molecule has 0 radical (unpaired) electrons. The van der Waals surface area contributed by atoms with Gasteiger partial charge in [0.05, 0.1) is 18.0 Å². The van der Waals surface area contributed by atoms with Crippen LogP contribution >= 0.6 is 0 Å². The standard InChI is InChI=1S/C21H28N2O3S/c1-13-8-9-18(12-20(13)23(6)27(7,25)26)21(24)22-17(5)19-11-15(3)14(2)10-16(19)4/h8-12,17H,1-7H3,(H,22,24)/t17-/m1/s1. The molecule has 0 bridgehead atoms. The van der Waals surface area contributed by atoms with Crippen molar-refractivity contribution >= 4 is 21.6 Å². The minimum atomic E-state index is -3.40. The highest BCUT2D eigenvalue weighted by Gasteiger charge is 2.18. The summed E-state index contributed by atoms with van der Waals surface area (Å²) in [6, 6.07) is 9.16. The molecule has 0 aliphatic rings. The van der Waals surface area contributed by atoms with Crippen LogP contribution in [0.15, 0.2) is 30.3 Å². The van der Waals surface area contributed by atoms with Crippen molar-refractivity contribution in [2.45, 2.75) is 40.7 Å². The van der Waals surface area contributed by atoms with Crippen molar-refractivity contribution in [1.29, 1.82) is 0 Å². The summed E-state index contributed by atoms with van der Waals surface area (Å²) in [5.74, 6) is -0.233. The van der Waals surface area contributed by atoms with Crippen molar-refractivity contribution in [3.05, 3.63) is 63.7 Å². The second kappa shape index (κ2) is 7.72. The Hall–Kier alpha value is -2.34. The van der Waals surface area contributed by atoms with Crippen LogP contribution in [0, 0.1) is 27.7 Å². The maximum Gasteiger partial charge on any atom is 0.251 e. The van der Waals surface area contributed by atoms with E-state index in [0.29, 0.717) is 11.3 Å². The van der Waals surface area contributed by atoms with Crippen LogP contribution in [0.25, 0.3) is 0 Å². The summed E-state index contributed by atoms with van der Waals surface area (Å²) >= 11 is 0. The Morgan fingerprint density at radius 1 is 0.963 bits per heavy atom. The van der Waals surface area contributed by atoms with Crippen molar-refractivity contribution in [3.8, 4) is 0 Å². The van der Waals surface area contributed by atoms with Gasteiger partial charge in [0.15, 0.2) is 0 Å². The average Bonchev–Trinajstić information content (AvgIpc) is 2.56. The second-order valence-electron chi connectivity index (χ2n) is 7.22. The summed E-state index contributed by atoms with van der Waals surface area (Å²) in [5.41, 5.74) is 6.34. The van der Waals surface area contributed by atoms with Gasteiger partial charge in [0, 0.05) is 12.6 Å². The van der Waals surface area contributed by atoms with E-state index in [-0.39, 0.29) is 11.9 Å². The lowest BCUT2D eigenvalue weighted by molar-refractivity contribution is 0.0940. The Balaban J connectivity index is 2.30. The molecule has 2 aromatic carbocycles. The molecule has 6 heteroatoms. The Bertz CT molecular complexity index is 981. The van der Waals surface area contributed by atoms with Crippen LogP contribution in [-0.4, -0.2) is 27.6 Å². The van der Waals surface area contributed by atoms with Gasteiger partial charge in [0.2, 0.25) is 10.0 Å². The number of aryl methyl sites for hydroxylation is 4. The second-order valence-corrected chi connectivity index (χ2v) is 9.23. The molecule has 2 rings (SSSR count). The van der Waals surface area contributed by atoms with E-state index >= 15 is 0 Å². The van der Waals surface area contributed by atoms with E-state index in [9.17, 15) is 13.2 Å². The zero-order valence-corrected chi connectivity index (χ0v) is 17.9. The maximum atomic E-state index is 12.7. The summed E-state index contributed by atoms with van der Waals surface area (Å²) in [6.07, 6.45) is 1.14. The monoisotopic (exact) mass is 388 g/mol. The number of carbonyl (C=O) groups excluding carboxylic acids is 1. The molecule has 2 aromatic rings. The molecule has 146 valence electrons. The lowest BCUT2D eigenvalue weighted by Crippen LogP contribution is -2.29. The molecular weight excluding hydrogens is 360 g/mol. The van der Waals surface area contributed by atoms with Crippen LogP contribution in [-0.2, 0) is 10.0 Å². The largest absolute Gasteiger partial charge is 0.346 e. The van der Waals surface area contributed by atoms with Gasteiger partial charge < -0.3 is 5.32 Å². The van der Waals surface area contributed by atoms with Crippen molar-refractivity contribution < 1.29 is 13.2 Å². The zero-order chi connectivity index (χ0) is 20.5. The van der Waals surface area contributed by atoms with Crippen LogP contribution < -0.4 is 9.62 Å².